The first kappa shape index (κ1) is 21.6. The van der Waals surface area contributed by atoms with Gasteiger partial charge in [0.1, 0.15) is 11.0 Å². The molecule has 7 heteroatoms. The van der Waals surface area contributed by atoms with E-state index in [2.05, 4.69) is 16.9 Å². The maximum Gasteiger partial charge on any atom is 0.242 e. The molecule has 0 spiro atoms. The monoisotopic (exact) mass is 423 g/mol. The molecular formula is C23H25N3O3S. The van der Waals surface area contributed by atoms with Crippen molar-refractivity contribution in [1.82, 2.24) is 4.90 Å². The summed E-state index contributed by atoms with van der Waals surface area (Å²) < 4.78 is 5.45. The summed E-state index contributed by atoms with van der Waals surface area (Å²) in [7, 11) is 0. The van der Waals surface area contributed by atoms with Gasteiger partial charge in [-0.05, 0) is 49.7 Å². The van der Waals surface area contributed by atoms with E-state index >= 15 is 0 Å². The van der Waals surface area contributed by atoms with Crippen molar-refractivity contribution in [3.05, 3.63) is 66.7 Å². The topological polar surface area (TPSA) is 71.0 Å². The summed E-state index contributed by atoms with van der Waals surface area (Å²) in [5, 5.41) is 2.94. The van der Waals surface area contributed by atoms with Crippen molar-refractivity contribution < 1.29 is 14.3 Å². The number of amides is 2. The fourth-order valence-electron chi connectivity index (χ4n) is 3.00. The highest BCUT2D eigenvalue weighted by Gasteiger charge is 2.38. The van der Waals surface area contributed by atoms with Gasteiger partial charge in [-0.2, -0.15) is 0 Å². The van der Waals surface area contributed by atoms with E-state index in [0.717, 1.165) is 17.0 Å². The molecule has 1 aliphatic heterocycles. The van der Waals surface area contributed by atoms with E-state index in [1.54, 1.807) is 11.0 Å². The third-order valence-corrected chi connectivity index (χ3v) is 5.67. The van der Waals surface area contributed by atoms with Gasteiger partial charge in [0.2, 0.25) is 11.8 Å². The molecule has 156 valence electrons. The van der Waals surface area contributed by atoms with Crippen molar-refractivity contribution in [2.75, 3.05) is 18.5 Å². The highest BCUT2D eigenvalue weighted by molar-refractivity contribution is 8.15. The normalized spacial score (nSPS) is 17.3. The molecule has 30 heavy (non-hydrogen) atoms. The summed E-state index contributed by atoms with van der Waals surface area (Å²) in [5.74, 6) is 0.436. The lowest BCUT2D eigenvalue weighted by Crippen LogP contribution is -2.33. The van der Waals surface area contributed by atoms with Crippen LogP contribution in [0, 0.1) is 6.92 Å². The molecule has 1 fully saturated rings. The van der Waals surface area contributed by atoms with Crippen molar-refractivity contribution in [3.63, 3.8) is 0 Å². The molecular weight excluding hydrogens is 398 g/mol. The molecule has 0 aromatic heterocycles. The van der Waals surface area contributed by atoms with Crippen molar-refractivity contribution in [2.24, 2.45) is 4.99 Å². The minimum Gasteiger partial charge on any atom is -0.494 e. The van der Waals surface area contributed by atoms with Crippen LogP contribution in [0.25, 0.3) is 0 Å². The van der Waals surface area contributed by atoms with Crippen molar-refractivity contribution in [2.45, 2.75) is 25.5 Å². The maximum atomic E-state index is 12.9. The second kappa shape index (κ2) is 10.1. The molecule has 6 nitrogen and oxygen atoms in total. The minimum absolute atomic E-state index is 0.0772. The average molecular weight is 424 g/mol. The predicted molar refractivity (Wildman–Crippen MR) is 122 cm³/mol. The number of nitrogens with one attached hydrogen (secondary N) is 1. The van der Waals surface area contributed by atoms with E-state index in [1.165, 1.54) is 11.8 Å². The van der Waals surface area contributed by atoms with Gasteiger partial charge in [-0.15, -0.1) is 6.58 Å². The first-order chi connectivity index (χ1) is 14.5. The van der Waals surface area contributed by atoms with E-state index in [9.17, 15) is 9.59 Å². The van der Waals surface area contributed by atoms with Crippen molar-refractivity contribution in [3.8, 4) is 5.75 Å². The first-order valence-corrected chi connectivity index (χ1v) is 10.7. The summed E-state index contributed by atoms with van der Waals surface area (Å²) in [6.45, 7) is 8.53. The highest BCUT2D eigenvalue weighted by Crippen LogP contribution is 2.32. The Kier molecular flexibility index (Phi) is 7.30. The van der Waals surface area contributed by atoms with Gasteiger partial charge in [0.25, 0.3) is 0 Å². The fourth-order valence-corrected chi connectivity index (χ4v) is 4.17. The van der Waals surface area contributed by atoms with Gasteiger partial charge >= 0.3 is 0 Å². The molecule has 1 heterocycles. The zero-order valence-electron chi connectivity index (χ0n) is 17.1. The van der Waals surface area contributed by atoms with Crippen LogP contribution in [0.5, 0.6) is 5.75 Å². The molecule has 1 saturated heterocycles. The van der Waals surface area contributed by atoms with Gasteiger partial charge in [0.15, 0.2) is 5.17 Å². The number of para-hydroxylation sites is 1. The Hall–Kier alpha value is -3.06. The summed E-state index contributed by atoms with van der Waals surface area (Å²) in [6, 6.07) is 14.9. The molecule has 1 atom stereocenters. The average Bonchev–Trinajstić information content (AvgIpc) is 3.00. The summed E-state index contributed by atoms with van der Waals surface area (Å²) >= 11 is 1.31. The van der Waals surface area contributed by atoms with E-state index in [-0.39, 0.29) is 18.2 Å². The molecule has 2 amide bonds. The standard InChI is InChI=1S/C23H25N3O3S/c1-4-14-26-22(28)20(15-21(27)25-19-9-7-6-8-16(19)3)30-23(26)24-17-10-12-18(13-11-17)29-5-2/h4,6-13,20H,1,5,14-15H2,2-3H3,(H,25,27)/t20-/m0/s1. The van der Waals surface area contributed by atoms with E-state index in [1.807, 2.05) is 62.4 Å². The Morgan fingerprint density at radius 1 is 1.27 bits per heavy atom. The Morgan fingerprint density at radius 2 is 2.00 bits per heavy atom. The van der Waals surface area contributed by atoms with Gasteiger partial charge in [-0.1, -0.05) is 36.0 Å². The second-order valence-electron chi connectivity index (χ2n) is 6.73. The van der Waals surface area contributed by atoms with Crippen LogP contribution in [0.15, 0.2) is 66.2 Å². The number of anilines is 1. The number of aryl methyl sites for hydroxylation is 1. The quantitative estimate of drug-likeness (QED) is 0.633. The van der Waals surface area contributed by atoms with Gasteiger partial charge in [0.05, 0.1) is 12.3 Å². The van der Waals surface area contributed by atoms with E-state index in [4.69, 9.17) is 4.74 Å². The van der Waals surface area contributed by atoms with E-state index < -0.39 is 5.25 Å². The molecule has 0 aliphatic carbocycles. The predicted octanol–water partition coefficient (Wildman–Crippen LogP) is 4.54. The summed E-state index contributed by atoms with van der Waals surface area (Å²) in [5.41, 5.74) is 2.44. The number of thioether (sulfide) groups is 1. The van der Waals surface area contributed by atoms with Gasteiger partial charge in [-0.25, -0.2) is 4.99 Å². The Bertz CT molecular complexity index is 956. The molecule has 1 N–H and O–H groups in total. The highest BCUT2D eigenvalue weighted by atomic mass is 32.2. The van der Waals surface area contributed by atoms with Crippen LogP contribution in [-0.2, 0) is 9.59 Å². The molecule has 0 radical (unpaired) electrons. The van der Waals surface area contributed by atoms with Gasteiger partial charge < -0.3 is 10.1 Å². The number of hydrogen-bond donors (Lipinski definition) is 1. The van der Waals surface area contributed by atoms with Crippen LogP contribution in [0.2, 0.25) is 0 Å². The lowest BCUT2D eigenvalue weighted by molar-refractivity contribution is -0.127. The number of rotatable bonds is 8. The zero-order chi connectivity index (χ0) is 21.5. The van der Waals surface area contributed by atoms with Crippen LogP contribution < -0.4 is 10.1 Å². The van der Waals surface area contributed by atoms with Crippen molar-refractivity contribution >= 4 is 40.1 Å². The summed E-state index contributed by atoms with van der Waals surface area (Å²) in [6.07, 6.45) is 1.73. The molecule has 2 aromatic carbocycles. The second-order valence-corrected chi connectivity index (χ2v) is 7.90. The Balaban J connectivity index is 1.72. The van der Waals surface area contributed by atoms with Crippen LogP contribution in [-0.4, -0.2) is 40.3 Å². The lowest BCUT2D eigenvalue weighted by atomic mass is 10.2. The summed E-state index contributed by atoms with van der Waals surface area (Å²) in [4.78, 5) is 31.6. The third kappa shape index (κ3) is 5.30. The smallest absolute Gasteiger partial charge is 0.242 e. The van der Waals surface area contributed by atoms with Crippen LogP contribution >= 0.6 is 11.8 Å². The third-order valence-electron chi connectivity index (χ3n) is 4.49. The number of carbonyl (C=O) groups excluding carboxylic acids is 2. The zero-order valence-corrected chi connectivity index (χ0v) is 17.9. The maximum absolute atomic E-state index is 12.9. The molecule has 0 unspecified atom stereocenters. The Labute approximate surface area is 181 Å². The number of hydrogen-bond acceptors (Lipinski definition) is 5. The molecule has 0 saturated carbocycles. The van der Waals surface area contributed by atoms with Gasteiger partial charge in [-0.3, -0.25) is 14.5 Å². The van der Waals surface area contributed by atoms with Crippen LogP contribution in [0.4, 0.5) is 11.4 Å². The number of carbonyl (C=O) groups is 2. The molecule has 3 rings (SSSR count). The number of nitrogens with zero attached hydrogens (tertiary/aromatic N) is 2. The molecule has 0 bridgehead atoms. The van der Waals surface area contributed by atoms with Crippen LogP contribution in [0.1, 0.15) is 18.9 Å². The number of aliphatic imine (C=N–C) groups is 1. The SMILES string of the molecule is C=CCN1C(=O)[C@H](CC(=O)Nc2ccccc2C)SC1=Nc1ccc(OCC)cc1. The Morgan fingerprint density at radius 3 is 2.67 bits per heavy atom. The number of benzene rings is 2. The van der Waals surface area contributed by atoms with Crippen molar-refractivity contribution in [1.29, 1.82) is 0 Å². The minimum atomic E-state index is -0.518. The van der Waals surface area contributed by atoms with Crippen LogP contribution in [0.3, 0.4) is 0 Å². The molecule has 2 aromatic rings. The van der Waals surface area contributed by atoms with Gasteiger partial charge in [0, 0.05) is 18.7 Å². The lowest BCUT2D eigenvalue weighted by Gasteiger charge is -2.14. The largest absolute Gasteiger partial charge is 0.494 e. The van der Waals surface area contributed by atoms with E-state index in [0.29, 0.717) is 24.0 Å². The number of ether oxygens (including phenoxy) is 1. The number of amidine groups is 1. The first-order valence-electron chi connectivity index (χ1n) is 9.77. The fraction of sp³-hybridized carbons (Fsp3) is 0.261. The molecule has 1 aliphatic rings.